The van der Waals surface area contributed by atoms with Crippen LogP contribution in [0.25, 0.3) is 0 Å². The van der Waals surface area contributed by atoms with Gasteiger partial charge in [0.25, 0.3) is 0 Å². The van der Waals surface area contributed by atoms with E-state index in [1.54, 1.807) is 37.3 Å². The van der Waals surface area contributed by atoms with E-state index < -0.39 is 17.8 Å². The minimum absolute atomic E-state index is 0.0796. The zero-order valence-electron chi connectivity index (χ0n) is 14.5. The molecule has 0 bridgehead atoms. The van der Waals surface area contributed by atoms with Crippen molar-refractivity contribution in [3.63, 3.8) is 0 Å². The van der Waals surface area contributed by atoms with Crippen molar-refractivity contribution in [1.29, 1.82) is 0 Å². The van der Waals surface area contributed by atoms with Crippen molar-refractivity contribution < 1.29 is 19.1 Å². The Labute approximate surface area is 147 Å². The molecule has 4 nitrogen and oxygen atoms in total. The second kappa shape index (κ2) is 8.92. The average molecular weight is 338 g/mol. The molecule has 2 rings (SSSR count). The molecule has 0 spiro atoms. The van der Waals surface area contributed by atoms with Crippen LogP contribution in [0.4, 0.5) is 0 Å². The number of ether oxygens (including phenoxy) is 1. The number of carbonyl (C=O) groups is 3. The zero-order valence-corrected chi connectivity index (χ0v) is 14.5. The summed E-state index contributed by atoms with van der Waals surface area (Å²) in [6, 6.07) is 17.8. The standard InChI is InChI=1S/C21H22O4/c1-3-25-21(24)19(20(23)17-12-8-5-9-13-17)18(14-15(2)22)16-10-6-4-7-11-16/h4-13,18-19H,3,14H2,1-2H3. The van der Waals surface area contributed by atoms with E-state index in [1.807, 2.05) is 30.3 Å². The number of hydrogen-bond donors (Lipinski definition) is 0. The van der Waals surface area contributed by atoms with Crippen LogP contribution in [0.1, 0.15) is 42.1 Å². The number of rotatable bonds is 8. The lowest BCUT2D eigenvalue weighted by Gasteiger charge is -2.24. The van der Waals surface area contributed by atoms with E-state index >= 15 is 0 Å². The third-order valence-corrected chi connectivity index (χ3v) is 4.02. The third-order valence-electron chi connectivity index (χ3n) is 4.02. The lowest BCUT2D eigenvalue weighted by Crippen LogP contribution is -2.33. The number of benzene rings is 2. The highest BCUT2D eigenvalue weighted by Crippen LogP contribution is 2.32. The summed E-state index contributed by atoms with van der Waals surface area (Å²) in [4.78, 5) is 37.5. The first kappa shape index (κ1) is 18.6. The van der Waals surface area contributed by atoms with Crippen LogP contribution in [0.15, 0.2) is 60.7 Å². The van der Waals surface area contributed by atoms with Gasteiger partial charge in [0.05, 0.1) is 6.61 Å². The Morgan fingerprint density at radius 3 is 2.00 bits per heavy atom. The minimum Gasteiger partial charge on any atom is -0.465 e. The van der Waals surface area contributed by atoms with Crippen molar-refractivity contribution in [1.82, 2.24) is 0 Å². The smallest absolute Gasteiger partial charge is 0.317 e. The van der Waals surface area contributed by atoms with Crippen LogP contribution < -0.4 is 0 Å². The molecule has 2 unspecified atom stereocenters. The largest absolute Gasteiger partial charge is 0.465 e. The summed E-state index contributed by atoms with van der Waals surface area (Å²) in [6.07, 6.45) is 0.103. The highest BCUT2D eigenvalue weighted by Gasteiger charge is 2.38. The lowest BCUT2D eigenvalue weighted by molar-refractivity contribution is -0.147. The lowest BCUT2D eigenvalue weighted by atomic mass is 9.78. The Hall–Kier alpha value is -2.75. The normalized spacial score (nSPS) is 12.9. The molecule has 0 amide bonds. The van der Waals surface area contributed by atoms with Gasteiger partial charge in [0.1, 0.15) is 11.7 Å². The molecule has 0 saturated carbocycles. The second-order valence-corrected chi connectivity index (χ2v) is 5.88. The van der Waals surface area contributed by atoms with Crippen molar-refractivity contribution in [2.45, 2.75) is 26.2 Å². The number of ketones is 2. The van der Waals surface area contributed by atoms with E-state index in [4.69, 9.17) is 4.74 Å². The summed E-state index contributed by atoms with van der Waals surface area (Å²) in [5.41, 5.74) is 1.21. The van der Waals surface area contributed by atoms with Gasteiger partial charge in [-0.2, -0.15) is 0 Å². The first-order chi connectivity index (χ1) is 12.0. The van der Waals surface area contributed by atoms with Crippen LogP contribution in [-0.4, -0.2) is 24.1 Å². The molecule has 0 aromatic heterocycles. The molecule has 2 aromatic rings. The van der Waals surface area contributed by atoms with Crippen LogP contribution in [0.3, 0.4) is 0 Å². The molecule has 2 aromatic carbocycles. The molecule has 2 atom stereocenters. The molecule has 0 N–H and O–H groups in total. The van der Waals surface area contributed by atoms with Gasteiger partial charge in [-0.1, -0.05) is 60.7 Å². The van der Waals surface area contributed by atoms with Crippen LogP contribution in [-0.2, 0) is 14.3 Å². The van der Waals surface area contributed by atoms with Crippen LogP contribution in [0.2, 0.25) is 0 Å². The quantitative estimate of drug-likeness (QED) is 0.417. The SMILES string of the molecule is CCOC(=O)C(C(=O)c1ccccc1)C(CC(C)=O)c1ccccc1. The fourth-order valence-electron chi connectivity index (χ4n) is 2.91. The Kier molecular flexibility index (Phi) is 6.63. The van der Waals surface area contributed by atoms with Crippen LogP contribution in [0, 0.1) is 5.92 Å². The molecule has 0 heterocycles. The fraction of sp³-hybridized carbons (Fsp3) is 0.286. The van der Waals surface area contributed by atoms with E-state index in [2.05, 4.69) is 0 Å². The van der Waals surface area contributed by atoms with Gasteiger partial charge in [-0.25, -0.2) is 0 Å². The summed E-state index contributed by atoms with van der Waals surface area (Å²) in [7, 11) is 0. The third kappa shape index (κ3) is 4.86. The van der Waals surface area contributed by atoms with Crippen LogP contribution >= 0.6 is 0 Å². The molecule has 4 heteroatoms. The highest BCUT2D eigenvalue weighted by atomic mass is 16.5. The summed E-state index contributed by atoms with van der Waals surface area (Å²) < 4.78 is 5.16. The van der Waals surface area contributed by atoms with Gasteiger partial charge < -0.3 is 9.53 Å². The molecular formula is C21H22O4. The van der Waals surface area contributed by atoms with Crippen molar-refractivity contribution in [2.75, 3.05) is 6.61 Å². The first-order valence-electron chi connectivity index (χ1n) is 8.34. The molecule has 0 fully saturated rings. The number of hydrogen-bond acceptors (Lipinski definition) is 4. The molecule has 0 aliphatic carbocycles. The maximum atomic E-state index is 13.0. The monoisotopic (exact) mass is 338 g/mol. The highest BCUT2D eigenvalue weighted by molar-refractivity contribution is 6.09. The molecule has 0 aliphatic heterocycles. The maximum absolute atomic E-state index is 13.0. The second-order valence-electron chi connectivity index (χ2n) is 5.88. The van der Waals surface area contributed by atoms with Crippen molar-refractivity contribution in [3.8, 4) is 0 Å². The van der Waals surface area contributed by atoms with Gasteiger partial charge in [0, 0.05) is 17.9 Å². The molecule has 0 radical (unpaired) electrons. The molecular weight excluding hydrogens is 316 g/mol. The Bertz CT molecular complexity index is 722. The van der Waals surface area contributed by atoms with E-state index in [1.165, 1.54) is 6.92 Å². The Morgan fingerprint density at radius 2 is 1.48 bits per heavy atom. The number of esters is 1. The topological polar surface area (TPSA) is 60.4 Å². The van der Waals surface area contributed by atoms with Crippen molar-refractivity contribution >= 4 is 17.5 Å². The van der Waals surface area contributed by atoms with Gasteiger partial charge >= 0.3 is 5.97 Å². The molecule has 0 saturated heterocycles. The van der Waals surface area contributed by atoms with E-state index in [9.17, 15) is 14.4 Å². The first-order valence-corrected chi connectivity index (χ1v) is 8.34. The van der Waals surface area contributed by atoms with Crippen LogP contribution in [0.5, 0.6) is 0 Å². The Balaban J connectivity index is 2.48. The zero-order chi connectivity index (χ0) is 18.2. The maximum Gasteiger partial charge on any atom is 0.317 e. The fourth-order valence-corrected chi connectivity index (χ4v) is 2.91. The predicted octanol–water partition coefficient (Wildman–Crippen LogP) is 3.81. The van der Waals surface area contributed by atoms with Crippen molar-refractivity contribution in [2.24, 2.45) is 5.92 Å². The summed E-state index contributed by atoms with van der Waals surface area (Å²) in [6.45, 7) is 3.34. The summed E-state index contributed by atoms with van der Waals surface area (Å²) in [5.74, 6) is -2.59. The molecule has 25 heavy (non-hydrogen) atoms. The van der Waals surface area contributed by atoms with Gasteiger partial charge in [0.2, 0.25) is 0 Å². The van der Waals surface area contributed by atoms with Gasteiger partial charge in [-0.05, 0) is 19.4 Å². The number of Topliss-reactive ketones (excluding diaryl/α,β-unsaturated/α-hetero) is 2. The van der Waals surface area contributed by atoms with Gasteiger partial charge in [-0.3, -0.25) is 9.59 Å². The minimum atomic E-state index is -1.05. The molecule has 0 aliphatic rings. The van der Waals surface area contributed by atoms with Gasteiger partial charge in [0.15, 0.2) is 5.78 Å². The number of carbonyl (C=O) groups excluding carboxylic acids is 3. The van der Waals surface area contributed by atoms with E-state index in [-0.39, 0.29) is 24.6 Å². The summed E-state index contributed by atoms with van der Waals surface area (Å²) in [5, 5.41) is 0. The van der Waals surface area contributed by atoms with E-state index in [0.29, 0.717) is 5.56 Å². The Morgan fingerprint density at radius 1 is 0.920 bits per heavy atom. The summed E-state index contributed by atoms with van der Waals surface area (Å²) >= 11 is 0. The predicted molar refractivity (Wildman–Crippen MR) is 95.4 cm³/mol. The van der Waals surface area contributed by atoms with E-state index in [0.717, 1.165) is 5.56 Å². The van der Waals surface area contributed by atoms with Crippen molar-refractivity contribution in [3.05, 3.63) is 71.8 Å². The molecule has 130 valence electrons. The average Bonchev–Trinajstić information content (AvgIpc) is 2.62. The van der Waals surface area contributed by atoms with Gasteiger partial charge in [-0.15, -0.1) is 0 Å².